The smallest absolute Gasteiger partial charge is 0.162 e. The van der Waals surface area contributed by atoms with Gasteiger partial charge in [0.05, 0.1) is 28.5 Å². The lowest BCUT2D eigenvalue weighted by Crippen LogP contribution is -2.00. The van der Waals surface area contributed by atoms with Crippen LogP contribution in [0.3, 0.4) is 0 Å². The number of aromatic nitrogens is 4. The highest BCUT2D eigenvalue weighted by molar-refractivity contribution is 5.98. The van der Waals surface area contributed by atoms with Crippen LogP contribution in [-0.4, -0.2) is 25.3 Å². The minimum absolute atomic E-state index is 0.193. The van der Waals surface area contributed by atoms with Crippen LogP contribution in [0.2, 0.25) is 0 Å². The largest absolute Gasteiger partial charge is 0.342 e. The maximum Gasteiger partial charge on any atom is 0.162 e. The van der Waals surface area contributed by atoms with Crippen molar-refractivity contribution in [2.75, 3.05) is 0 Å². The number of imidazole rings is 2. The topological polar surface area (TPSA) is 63.6 Å². The Balaban J connectivity index is 1.65. The van der Waals surface area contributed by atoms with Crippen molar-refractivity contribution in [2.24, 2.45) is 7.05 Å². The molecule has 0 bridgehead atoms. The number of para-hydroxylation sites is 2. The lowest BCUT2D eigenvalue weighted by Gasteiger charge is -2.02. The summed E-state index contributed by atoms with van der Waals surface area (Å²) in [6.45, 7) is 2.10. The van der Waals surface area contributed by atoms with Gasteiger partial charge in [-0.25, -0.2) is 9.97 Å². The zero-order valence-electron chi connectivity index (χ0n) is 15.1. The van der Waals surface area contributed by atoms with Gasteiger partial charge in [0.2, 0.25) is 0 Å². The molecule has 2 heterocycles. The number of carbonyl (C=O) groups excluding carboxylic acids is 1. The van der Waals surface area contributed by atoms with Gasteiger partial charge in [-0.1, -0.05) is 25.5 Å². The number of rotatable bonds is 6. The van der Waals surface area contributed by atoms with Gasteiger partial charge in [0.1, 0.15) is 11.6 Å². The summed E-state index contributed by atoms with van der Waals surface area (Å²) in [5.41, 5.74) is 4.64. The zero-order chi connectivity index (χ0) is 18.1. The highest BCUT2D eigenvalue weighted by atomic mass is 16.1. The third-order valence-electron chi connectivity index (χ3n) is 4.82. The summed E-state index contributed by atoms with van der Waals surface area (Å²) in [5.74, 6) is 2.01. The fraction of sp³-hybridized carbons (Fsp3) is 0.286. The number of ketones is 1. The van der Waals surface area contributed by atoms with Gasteiger partial charge in [-0.05, 0) is 36.8 Å². The number of H-pyrrole nitrogens is 1. The Morgan fingerprint density at radius 2 is 1.96 bits per heavy atom. The SMILES string of the molecule is CCCCC(=O)c1ccc2c(c1)nc(Cc1nc3ccccc3[nH]1)n2C. The van der Waals surface area contributed by atoms with Crippen LogP contribution in [-0.2, 0) is 13.5 Å². The number of fused-ring (bicyclic) bond motifs is 2. The van der Waals surface area contributed by atoms with Crippen LogP contribution in [0.15, 0.2) is 42.5 Å². The van der Waals surface area contributed by atoms with Crippen LogP contribution in [0.4, 0.5) is 0 Å². The number of unbranched alkanes of at least 4 members (excludes halogenated alkanes) is 1. The monoisotopic (exact) mass is 346 g/mol. The summed E-state index contributed by atoms with van der Waals surface area (Å²) >= 11 is 0. The molecule has 26 heavy (non-hydrogen) atoms. The predicted octanol–water partition coefficient (Wildman–Crippen LogP) is 4.41. The summed E-state index contributed by atoms with van der Waals surface area (Å²) in [5, 5.41) is 0. The molecular formula is C21H22N4O. The van der Waals surface area contributed by atoms with E-state index in [0.29, 0.717) is 12.8 Å². The van der Waals surface area contributed by atoms with Gasteiger partial charge < -0.3 is 9.55 Å². The number of aromatic amines is 1. The molecule has 0 spiro atoms. The van der Waals surface area contributed by atoms with Gasteiger partial charge in [-0.15, -0.1) is 0 Å². The van der Waals surface area contributed by atoms with E-state index in [4.69, 9.17) is 4.98 Å². The molecule has 1 N–H and O–H groups in total. The van der Waals surface area contributed by atoms with Crippen molar-refractivity contribution in [3.8, 4) is 0 Å². The second-order valence-electron chi connectivity index (χ2n) is 6.69. The number of hydrogen-bond donors (Lipinski definition) is 1. The van der Waals surface area contributed by atoms with Crippen molar-refractivity contribution in [3.05, 3.63) is 59.7 Å². The molecule has 5 nitrogen and oxygen atoms in total. The number of benzene rings is 2. The minimum Gasteiger partial charge on any atom is -0.342 e. The summed E-state index contributed by atoms with van der Waals surface area (Å²) in [4.78, 5) is 25.0. The van der Waals surface area contributed by atoms with Crippen LogP contribution in [0.25, 0.3) is 22.1 Å². The molecule has 5 heteroatoms. The van der Waals surface area contributed by atoms with Crippen LogP contribution < -0.4 is 0 Å². The van der Waals surface area contributed by atoms with Crippen molar-refractivity contribution >= 4 is 27.9 Å². The fourth-order valence-corrected chi connectivity index (χ4v) is 3.30. The van der Waals surface area contributed by atoms with E-state index < -0.39 is 0 Å². The van der Waals surface area contributed by atoms with Crippen molar-refractivity contribution < 1.29 is 4.79 Å². The van der Waals surface area contributed by atoms with Gasteiger partial charge in [-0.2, -0.15) is 0 Å². The first-order valence-corrected chi connectivity index (χ1v) is 9.08. The number of hydrogen-bond acceptors (Lipinski definition) is 3. The van der Waals surface area contributed by atoms with Gasteiger partial charge in [0, 0.05) is 19.0 Å². The normalized spacial score (nSPS) is 11.5. The standard InChI is InChI=1S/C21H22N4O/c1-3-4-9-19(26)14-10-11-18-17(12-14)24-21(25(18)2)13-20-22-15-7-5-6-8-16(15)23-20/h5-8,10-12H,3-4,9,13H2,1-2H3,(H,22,23). The summed E-state index contributed by atoms with van der Waals surface area (Å²) in [6, 6.07) is 13.8. The van der Waals surface area contributed by atoms with Crippen LogP contribution >= 0.6 is 0 Å². The quantitative estimate of drug-likeness (QED) is 0.526. The van der Waals surface area contributed by atoms with E-state index in [0.717, 1.165) is 52.1 Å². The number of aryl methyl sites for hydroxylation is 1. The number of nitrogens with one attached hydrogen (secondary N) is 1. The number of nitrogens with zero attached hydrogens (tertiary/aromatic N) is 3. The molecule has 0 unspecified atom stereocenters. The molecule has 0 saturated carbocycles. The average molecular weight is 346 g/mol. The predicted molar refractivity (Wildman–Crippen MR) is 103 cm³/mol. The highest BCUT2D eigenvalue weighted by Crippen LogP contribution is 2.20. The van der Waals surface area contributed by atoms with E-state index in [2.05, 4.69) is 21.5 Å². The Bertz CT molecular complexity index is 1060. The van der Waals surface area contributed by atoms with Crippen LogP contribution in [0, 0.1) is 0 Å². The fourth-order valence-electron chi connectivity index (χ4n) is 3.30. The Labute approximate surface area is 152 Å². The van der Waals surface area contributed by atoms with E-state index in [1.807, 2.05) is 49.5 Å². The minimum atomic E-state index is 0.193. The molecule has 0 radical (unpaired) electrons. The molecule has 0 saturated heterocycles. The maximum atomic E-state index is 12.3. The van der Waals surface area contributed by atoms with Crippen molar-refractivity contribution in [2.45, 2.75) is 32.6 Å². The van der Waals surface area contributed by atoms with Gasteiger partial charge >= 0.3 is 0 Å². The summed E-state index contributed by atoms with van der Waals surface area (Å²) < 4.78 is 2.07. The molecule has 0 amide bonds. The first kappa shape index (κ1) is 16.5. The molecule has 4 aromatic rings. The lowest BCUT2D eigenvalue weighted by atomic mass is 10.1. The molecule has 0 fully saturated rings. The second-order valence-corrected chi connectivity index (χ2v) is 6.69. The Kier molecular flexibility index (Phi) is 4.29. The van der Waals surface area contributed by atoms with E-state index in [1.54, 1.807) is 0 Å². The molecule has 0 aliphatic rings. The average Bonchev–Trinajstić information content (AvgIpc) is 3.20. The van der Waals surface area contributed by atoms with E-state index in [-0.39, 0.29) is 5.78 Å². The second kappa shape index (κ2) is 6.75. The van der Waals surface area contributed by atoms with Crippen molar-refractivity contribution in [1.29, 1.82) is 0 Å². The first-order valence-electron chi connectivity index (χ1n) is 9.08. The Hall–Kier alpha value is -2.95. The van der Waals surface area contributed by atoms with Crippen LogP contribution in [0.5, 0.6) is 0 Å². The maximum absolute atomic E-state index is 12.3. The van der Waals surface area contributed by atoms with Gasteiger partial charge in [0.25, 0.3) is 0 Å². The third-order valence-corrected chi connectivity index (χ3v) is 4.82. The molecule has 0 aliphatic heterocycles. The first-order chi connectivity index (χ1) is 12.7. The molecule has 2 aromatic carbocycles. The van der Waals surface area contributed by atoms with Crippen molar-refractivity contribution in [3.63, 3.8) is 0 Å². The van der Waals surface area contributed by atoms with E-state index >= 15 is 0 Å². The third kappa shape index (κ3) is 3.01. The molecule has 132 valence electrons. The highest BCUT2D eigenvalue weighted by Gasteiger charge is 2.13. The zero-order valence-corrected chi connectivity index (χ0v) is 15.1. The molecular weight excluding hydrogens is 324 g/mol. The molecule has 0 aliphatic carbocycles. The lowest BCUT2D eigenvalue weighted by molar-refractivity contribution is 0.0980. The number of Topliss-reactive ketones (excluding diaryl/α,β-unsaturated/α-hetero) is 1. The Morgan fingerprint density at radius 3 is 2.77 bits per heavy atom. The van der Waals surface area contributed by atoms with E-state index in [1.165, 1.54) is 0 Å². The Morgan fingerprint density at radius 1 is 1.12 bits per heavy atom. The van der Waals surface area contributed by atoms with Gasteiger partial charge in [0.15, 0.2) is 5.78 Å². The van der Waals surface area contributed by atoms with Crippen LogP contribution in [0.1, 0.15) is 48.2 Å². The van der Waals surface area contributed by atoms with Crippen molar-refractivity contribution in [1.82, 2.24) is 19.5 Å². The summed E-state index contributed by atoms with van der Waals surface area (Å²) in [6.07, 6.45) is 3.18. The van der Waals surface area contributed by atoms with Gasteiger partial charge in [-0.3, -0.25) is 4.79 Å². The molecule has 4 rings (SSSR count). The number of carbonyl (C=O) groups is 1. The molecule has 0 atom stereocenters. The van der Waals surface area contributed by atoms with E-state index in [9.17, 15) is 4.79 Å². The summed E-state index contributed by atoms with van der Waals surface area (Å²) in [7, 11) is 2.01. The molecule has 2 aromatic heterocycles.